The minimum atomic E-state index is -1.48. The van der Waals surface area contributed by atoms with Crippen molar-refractivity contribution in [3.05, 3.63) is 35.9 Å². The number of imide groups is 1. The van der Waals surface area contributed by atoms with Gasteiger partial charge < -0.3 is 25.8 Å². The van der Waals surface area contributed by atoms with Crippen LogP contribution in [0.4, 0.5) is 9.59 Å². The van der Waals surface area contributed by atoms with Crippen molar-refractivity contribution in [2.45, 2.75) is 31.0 Å². The largest absolute Gasteiger partial charge is 0.480 e. The Morgan fingerprint density at radius 3 is 2.54 bits per heavy atom. The van der Waals surface area contributed by atoms with Gasteiger partial charge in [0.2, 0.25) is 0 Å². The molecule has 1 atom stereocenters. The van der Waals surface area contributed by atoms with Gasteiger partial charge in [0.05, 0.1) is 6.54 Å². The maximum Gasteiger partial charge on any atom is 0.408 e. The highest BCUT2D eigenvalue weighted by molar-refractivity contribution is 6.07. The Balaban J connectivity index is 1.59. The van der Waals surface area contributed by atoms with Crippen LogP contribution in [0.5, 0.6) is 0 Å². The zero-order valence-electron chi connectivity index (χ0n) is 15.1. The average molecular weight is 390 g/mol. The minimum Gasteiger partial charge on any atom is -0.480 e. The third-order valence-electron chi connectivity index (χ3n) is 4.87. The lowest BCUT2D eigenvalue weighted by Crippen LogP contribution is -2.55. The number of nitrogens with one attached hydrogen (secondary N) is 3. The van der Waals surface area contributed by atoms with Crippen LogP contribution in [0.1, 0.15) is 18.4 Å². The molecule has 0 radical (unpaired) electrons. The Labute approximate surface area is 161 Å². The first kappa shape index (κ1) is 19.6. The normalized spacial score (nSPS) is 19.2. The van der Waals surface area contributed by atoms with Gasteiger partial charge in [0.1, 0.15) is 18.2 Å². The van der Waals surface area contributed by atoms with Crippen molar-refractivity contribution in [2.75, 3.05) is 19.6 Å². The third-order valence-corrected chi connectivity index (χ3v) is 4.87. The monoisotopic (exact) mass is 390 g/mol. The molecule has 2 saturated heterocycles. The number of carbonyl (C=O) groups excluding carboxylic acids is 3. The molecule has 28 heavy (non-hydrogen) atoms. The Morgan fingerprint density at radius 2 is 1.89 bits per heavy atom. The van der Waals surface area contributed by atoms with Crippen LogP contribution < -0.4 is 16.0 Å². The summed E-state index contributed by atoms with van der Waals surface area (Å²) in [6.07, 6.45) is -0.0867. The van der Waals surface area contributed by atoms with E-state index in [1.807, 2.05) is 6.07 Å². The number of carboxylic acids is 1. The highest BCUT2D eigenvalue weighted by atomic mass is 16.5. The van der Waals surface area contributed by atoms with E-state index < -0.39 is 42.1 Å². The Hall–Kier alpha value is -3.14. The van der Waals surface area contributed by atoms with Crippen molar-refractivity contribution >= 4 is 24.0 Å². The standard InChI is InChI=1S/C18H22N4O6/c23-14(24)13(20-17(27)28-11-12-4-2-1-3-5-12)10-22-15(25)18(21-16(22)26)6-8-19-9-7-18/h1-5,13,19H,6-11H2,(H,20,27)(H,21,26)(H,23,24)/t13-/m0/s1. The van der Waals surface area contributed by atoms with Crippen LogP contribution >= 0.6 is 0 Å². The Kier molecular flexibility index (Phi) is 5.78. The van der Waals surface area contributed by atoms with Gasteiger partial charge in [-0.3, -0.25) is 9.69 Å². The van der Waals surface area contributed by atoms with Gasteiger partial charge in [-0.15, -0.1) is 0 Å². The molecule has 10 nitrogen and oxygen atoms in total. The quantitative estimate of drug-likeness (QED) is 0.503. The van der Waals surface area contributed by atoms with Gasteiger partial charge >= 0.3 is 18.1 Å². The number of carbonyl (C=O) groups is 4. The zero-order chi connectivity index (χ0) is 20.1. The summed E-state index contributed by atoms with van der Waals surface area (Å²) in [5, 5.41) is 17.4. The summed E-state index contributed by atoms with van der Waals surface area (Å²) in [5.41, 5.74) is -0.259. The van der Waals surface area contributed by atoms with Crippen LogP contribution in [0.3, 0.4) is 0 Å². The lowest BCUT2D eigenvalue weighted by Gasteiger charge is -2.31. The third kappa shape index (κ3) is 4.22. The summed E-state index contributed by atoms with van der Waals surface area (Å²) < 4.78 is 5.01. The number of nitrogens with zero attached hydrogens (tertiary/aromatic N) is 1. The van der Waals surface area contributed by atoms with E-state index in [4.69, 9.17) is 4.74 Å². The number of aliphatic carboxylic acids is 1. The van der Waals surface area contributed by atoms with Crippen LogP contribution in [0.2, 0.25) is 0 Å². The summed E-state index contributed by atoms with van der Waals surface area (Å²) in [6.45, 7) is 0.645. The van der Waals surface area contributed by atoms with Crippen LogP contribution in [0, 0.1) is 0 Å². The van der Waals surface area contributed by atoms with Crippen molar-refractivity contribution in [3.8, 4) is 0 Å². The molecule has 1 spiro atoms. The molecule has 0 aromatic heterocycles. The highest BCUT2D eigenvalue weighted by Crippen LogP contribution is 2.27. The molecule has 10 heteroatoms. The van der Waals surface area contributed by atoms with Gasteiger partial charge in [0.15, 0.2) is 0 Å². The second-order valence-corrected chi connectivity index (χ2v) is 6.77. The lowest BCUT2D eigenvalue weighted by atomic mass is 9.88. The molecular formula is C18H22N4O6. The molecule has 150 valence electrons. The molecule has 2 fully saturated rings. The molecular weight excluding hydrogens is 368 g/mol. The van der Waals surface area contributed by atoms with Gasteiger partial charge in [0.25, 0.3) is 5.91 Å². The number of urea groups is 1. The Bertz CT molecular complexity index is 763. The predicted octanol–water partition coefficient (Wildman–Crippen LogP) is 0.0400. The molecule has 0 aliphatic carbocycles. The molecule has 1 aromatic carbocycles. The summed E-state index contributed by atoms with van der Waals surface area (Å²) in [4.78, 5) is 49.3. The number of alkyl carbamates (subject to hydrolysis) is 1. The minimum absolute atomic E-state index is 0.0295. The van der Waals surface area contributed by atoms with E-state index >= 15 is 0 Å². The molecule has 2 aliphatic rings. The van der Waals surface area contributed by atoms with E-state index in [2.05, 4.69) is 16.0 Å². The molecule has 2 heterocycles. The fourth-order valence-electron chi connectivity index (χ4n) is 3.31. The molecule has 2 aliphatic heterocycles. The van der Waals surface area contributed by atoms with Crippen LogP contribution in [-0.2, 0) is 20.9 Å². The SMILES string of the molecule is O=C(N[C@@H](CN1C(=O)NC2(CCNCC2)C1=O)C(=O)O)OCc1ccccc1. The van der Waals surface area contributed by atoms with Gasteiger partial charge in [-0.25, -0.2) is 14.4 Å². The van der Waals surface area contributed by atoms with Gasteiger partial charge in [-0.2, -0.15) is 0 Å². The fraction of sp³-hybridized carbons (Fsp3) is 0.444. The van der Waals surface area contributed by atoms with Gasteiger partial charge in [-0.05, 0) is 31.5 Å². The number of ether oxygens (including phenoxy) is 1. The number of rotatable bonds is 6. The maximum absolute atomic E-state index is 12.7. The highest BCUT2D eigenvalue weighted by Gasteiger charge is 2.52. The van der Waals surface area contributed by atoms with E-state index in [0.717, 1.165) is 10.5 Å². The predicted molar refractivity (Wildman–Crippen MR) is 96.3 cm³/mol. The van der Waals surface area contributed by atoms with Crippen LogP contribution in [-0.4, -0.2) is 65.2 Å². The lowest BCUT2D eigenvalue weighted by molar-refractivity contribution is -0.140. The van der Waals surface area contributed by atoms with Crippen molar-refractivity contribution in [3.63, 3.8) is 0 Å². The molecule has 4 amide bonds. The maximum atomic E-state index is 12.7. The topological polar surface area (TPSA) is 137 Å². The van der Waals surface area contributed by atoms with Crippen LogP contribution in [0.25, 0.3) is 0 Å². The number of piperidine rings is 1. The van der Waals surface area contributed by atoms with Crippen LogP contribution in [0.15, 0.2) is 30.3 Å². The Morgan fingerprint density at radius 1 is 1.21 bits per heavy atom. The number of hydrogen-bond donors (Lipinski definition) is 4. The average Bonchev–Trinajstić information content (AvgIpc) is 2.91. The van der Waals surface area contributed by atoms with Gasteiger partial charge in [0, 0.05) is 0 Å². The fourth-order valence-corrected chi connectivity index (χ4v) is 3.31. The molecule has 0 unspecified atom stereocenters. The second-order valence-electron chi connectivity index (χ2n) is 6.77. The van der Waals surface area contributed by atoms with E-state index in [9.17, 15) is 24.3 Å². The first-order valence-corrected chi connectivity index (χ1v) is 8.96. The zero-order valence-corrected chi connectivity index (χ0v) is 15.1. The molecule has 0 saturated carbocycles. The number of benzene rings is 1. The van der Waals surface area contributed by atoms with E-state index in [1.54, 1.807) is 24.3 Å². The van der Waals surface area contributed by atoms with E-state index in [1.165, 1.54) is 0 Å². The van der Waals surface area contributed by atoms with Crippen molar-refractivity contribution in [1.82, 2.24) is 20.9 Å². The van der Waals surface area contributed by atoms with Crippen molar-refractivity contribution in [2.24, 2.45) is 0 Å². The number of hydrogen-bond acceptors (Lipinski definition) is 6. The van der Waals surface area contributed by atoms with Crippen molar-refractivity contribution < 1.29 is 29.0 Å². The summed E-state index contributed by atoms with van der Waals surface area (Å²) in [7, 11) is 0. The van der Waals surface area contributed by atoms with Gasteiger partial charge in [-0.1, -0.05) is 30.3 Å². The van der Waals surface area contributed by atoms with E-state index in [0.29, 0.717) is 25.9 Å². The second kappa shape index (κ2) is 8.26. The smallest absolute Gasteiger partial charge is 0.408 e. The summed E-state index contributed by atoms with van der Waals surface area (Å²) >= 11 is 0. The van der Waals surface area contributed by atoms with Crippen molar-refractivity contribution in [1.29, 1.82) is 0 Å². The number of carboxylic acid groups (broad SMARTS) is 1. The van der Waals surface area contributed by atoms with E-state index in [-0.39, 0.29) is 6.61 Å². The molecule has 1 aromatic rings. The summed E-state index contributed by atoms with van der Waals surface area (Å²) in [5.74, 6) is -1.84. The molecule has 3 rings (SSSR count). The number of amides is 4. The first-order chi connectivity index (χ1) is 13.4. The molecule has 4 N–H and O–H groups in total. The molecule has 0 bridgehead atoms. The first-order valence-electron chi connectivity index (χ1n) is 8.96. The summed E-state index contributed by atoms with van der Waals surface area (Å²) in [6, 6.07) is 6.77.